The minimum absolute atomic E-state index is 0.0489. The van der Waals surface area contributed by atoms with Crippen LogP contribution in [0, 0.1) is 0 Å². The van der Waals surface area contributed by atoms with Crippen molar-refractivity contribution in [3.05, 3.63) is 11.5 Å². The second-order valence-corrected chi connectivity index (χ2v) is 5.47. The van der Waals surface area contributed by atoms with Crippen LogP contribution in [0.5, 0.6) is 0 Å². The molecule has 2 aromatic heterocycles. The van der Waals surface area contributed by atoms with Gasteiger partial charge in [-0.3, -0.25) is 4.57 Å². The van der Waals surface area contributed by atoms with Crippen molar-refractivity contribution in [3.63, 3.8) is 0 Å². The summed E-state index contributed by atoms with van der Waals surface area (Å²) in [5.74, 6) is -0.0489. The maximum Gasteiger partial charge on any atom is 0.223 e. The smallest absolute Gasteiger partial charge is 0.223 e. The number of aliphatic hydroxyl groups is 3. The van der Waals surface area contributed by atoms with Gasteiger partial charge in [-0.1, -0.05) is 11.6 Å². The Labute approximate surface area is 124 Å². The molecule has 1 aliphatic heterocycles. The summed E-state index contributed by atoms with van der Waals surface area (Å²) in [6.45, 7) is 1.04. The summed E-state index contributed by atoms with van der Waals surface area (Å²) in [4.78, 5) is 11.9. The third-order valence-electron chi connectivity index (χ3n) is 3.62. The minimum atomic E-state index is -1.29. The Balaban J connectivity index is 2.10. The zero-order valence-electron chi connectivity index (χ0n) is 11.0. The standard InChI is InChI=1S/C11H14ClN5O4/c1-11(2-18)6(20)5(19)9(21-11)17-3-14-4-7(12)15-10(13)16-8(4)17/h3,5-6,9,18-20H,2H2,1H3,(H2,13,15,16)/t5-,6+,9-,11-/m1/s1. The molecule has 114 valence electrons. The Morgan fingerprint density at radius 2 is 2.19 bits per heavy atom. The van der Waals surface area contributed by atoms with Crippen molar-refractivity contribution in [1.82, 2.24) is 19.5 Å². The van der Waals surface area contributed by atoms with Crippen LogP contribution < -0.4 is 5.73 Å². The topological polar surface area (TPSA) is 140 Å². The summed E-state index contributed by atoms with van der Waals surface area (Å²) in [5, 5.41) is 29.6. The molecule has 2 aromatic rings. The lowest BCUT2D eigenvalue weighted by Crippen LogP contribution is -2.43. The van der Waals surface area contributed by atoms with E-state index in [1.807, 2.05) is 0 Å². The van der Waals surface area contributed by atoms with Crippen molar-refractivity contribution in [1.29, 1.82) is 0 Å². The van der Waals surface area contributed by atoms with E-state index in [2.05, 4.69) is 15.0 Å². The highest BCUT2D eigenvalue weighted by Crippen LogP contribution is 2.38. The van der Waals surface area contributed by atoms with Gasteiger partial charge < -0.3 is 25.8 Å². The third kappa shape index (κ3) is 2.05. The molecular weight excluding hydrogens is 302 g/mol. The highest BCUT2D eigenvalue weighted by atomic mass is 35.5. The van der Waals surface area contributed by atoms with Crippen molar-refractivity contribution >= 4 is 28.7 Å². The molecule has 0 spiro atoms. The number of aliphatic hydroxyl groups excluding tert-OH is 3. The molecule has 9 nitrogen and oxygen atoms in total. The summed E-state index contributed by atoms with van der Waals surface area (Å²) in [5.41, 5.74) is 4.83. The van der Waals surface area contributed by atoms with E-state index in [1.54, 1.807) is 0 Å². The number of nitrogen functional groups attached to an aromatic ring is 1. The first-order chi connectivity index (χ1) is 9.87. The van der Waals surface area contributed by atoms with E-state index in [0.717, 1.165) is 0 Å². The van der Waals surface area contributed by atoms with Gasteiger partial charge in [0.2, 0.25) is 5.95 Å². The van der Waals surface area contributed by atoms with Gasteiger partial charge in [-0.2, -0.15) is 9.97 Å². The van der Waals surface area contributed by atoms with Crippen LogP contribution in [0.4, 0.5) is 5.95 Å². The number of nitrogens with zero attached hydrogens (tertiary/aromatic N) is 4. The van der Waals surface area contributed by atoms with E-state index in [9.17, 15) is 15.3 Å². The first kappa shape index (κ1) is 14.4. The maximum atomic E-state index is 10.2. The number of fused-ring (bicyclic) bond motifs is 1. The van der Waals surface area contributed by atoms with Crippen molar-refractivity contribution < 1.29 is 20.1 Å². The van der Waals surface area contributed by atoms with Gasteiger partial charge >= 0.3 is 0 Å². The molecule has 4 atom stereocenters. The Morgan fingerprint density at radius 3 is 2.81 bits per heavy atom. The maximum absolute atomic E-state index is 10.2. The fourth-order valence-electron chi connectivity index (χ4n) is 2.37. The lowest BCUT2D eigenvalue weighted by molar-refractivity contribution is -0.115. The number of rotatable bonds is 2. The Hall–Kier alpha value is -1.52. The SMILES string of the molecule is C[C@]1(CO)O[C@@H](n2cnc3c(Cl)nc(N)nc32)[C@H](O)[C@@H]1O. The van der Waals surface area contributed by atoms with Gasteiger partial charge in [-0.15, -0.1) is 0 Å². The van der Waals surface area contributed by atoms with E-state index in [-0.39, 0.29) is 16.7 Å². The third-order valence-corrected chi connectivity index (χ3v) is 3.88. The predicted molar refractivity (Wildman–Crippen MR) is 72.4 cm³/mol. The van der Waals surface area contributed by atoms with Crippen LogP contribution in [0.2, 0.25) is 5.15 Å². The summed E-state index contributed by atoms with van der Waals surface area (Å²) in [7, 11) is 0. The van der Waals surface area contributed by atoms with Gasteiger partial charge in [-0.05, 0) is 6.92 Å². The second-order valence-electron chi connectivity index (χ2n) is 5.11. The predicted octanol–water partition coefficient (Wildman–Crippen LogP) is -0.937. The molecule has 0 amide bonds. The van der Waals surface area contributed by atoms with Gasteiger partial charge in [0.05, 0.1) is 12.9 Å². The lowest BCUT2D eigenvalue weighted by Gasteiger charge is -2.24. The van der Waals surface area contributed by atoms with E-state index in [1.165, 1.54) is 17.8 Å². The number of aromatic nitrogens is 4. The van der Waals surface area contributed by atoms with Crippen LogP contribution in [0.25, 0.3) is 11.2 Å². The monoisotopic (exact) mass is 315 g/mol. The molecule has 10 heteroatoms. The number of nitrogens with two attached hydrogens (primary N) is 1. The van der Waals surface area contributed by atoms with Crippen LogP contribution in [-0.2, 0) is 4.74 Å². The summed E-state index contributed by atoms with van der Waals surface area (Å²) in [6.07, 6.45) is -2.16. The second kappa shape index (κ2) is 4.75. The molecule has 0 bridgehead atoms. The lowest BCUT2D eigenvalue weighted by atomic mass is 9.99. The molecule has 3 heterocycles. The molecule has 0 aliphatic carbocycles. The van der Waals surface area contributed by atoms with Crippen LogP contribution in [-0.4, -0.2) is 59.3 Å². The number of hydrogen-bond donors (Lipinski definition) is 4. The van der Waals surface area contributed by atoms with Crippen LogP contribution in [0.15, 0.2) is 6.33 Å². The van der Waals surface area contributed by atoms with Crippen LogP contribution in [0.3, 0.4) is 0 Å². The molecule has 3 rings (SSSR count). The van der Waals surface area contributed by atoms with Gasteiger partial charge in [0, 0.05) is 0 Å². The summed E-state index contributed by atoms with van der Waals surface area (Å²) in [6, 6.07) is 0. The molecule has 0 radical (unpaired) electrons. The van der Waals surface area contributed by atoms with E-state index in [4.69, 9.17) is 22.1 Å². The average molecular weight is 316 g/mol. The van der Waals surface area contributed by atoms with E-state index in [0.29, 0.717) is 5.52 Å². The quantitative estimate of drug-likeness (QED) is 0.521. The van der Waals surface area contributed by atoms with Crippen LogP contribution in [0.1, 0.15) is 13.2 Å². The Kier molecular flexibility index (Phi) is 3.26. The molecule has 0 aromatic carbocycles. The number of halogens is 1. The zero-order valence-corrected chi connectivity index (χ0v) is 11.8. The molecule has 0 saturated carbocycles. The fraction of sp³-hybridized carbons (Fsp3) is 0.545. The first-order valence-corrected chi connectivity index (χ1v) is 6.55. The van der Waals surface area contributed by atoms with Crippen molar-refractivity contribution in [3.8, 4) is 0 Å². The molecular formula is C11H14ClN5O4. The number of ether oxygens (including phenoxy) is 1. The largest absolute Gasteiger partial charge is 0.393 e. The highest BCUT2D eigenvalue weighted by molar-refractivity contribution is 6.33. The fourth-order valence-corrected chi connectivity index (χ4v) is 2.59. The molecule has 21 heavy (non-hydrogen) atoms. The minimum Gasteiger partial charge on any atom is -0.393 e. The zero-order chi connectivity index (χ0) is 15.4. The van der Waals surface area contributed by atoms with Crippen LogP contribution >= 0.6 is 11.6 Å². The summed E-state index contributed by atoms with van der Waals surface area (Å²) < 4.78 is 6.98. The van der Waals surface area contributed by atoms with Gasteiger partial charge in [0.25, 0.3) is 0 Å². The number of imidazole rings is 1. The number of hydrogen-bond acceptors (Lipinski definition) is 8. The normalized spacial score (nSPS) is 32.9. The first-order valence-electron chi connectivity index (χ1n) is 6.18. The van der Waals surface area contributed by atoms with Crippen molar-refractivity contribution in [2.45, 2.75) is 31.0 Å². The van der Waals surface area contributed by atoms with Crippen molar-refractivity contribution in [2.24, 2.45) is 0 Å². The van der Waals surface area contributed by atoms with E-state index < -0.39 is 30.6 Å². The van der Waals surface area contributed by atoms with Crippen molar-refractivity contribution in [2.75, 3.05) is 12.3 Å². The van der Waals surface area contributed by atoms with E-state index >= 15 is 0 Å². The average Bonchev–Trinajstić information content (AvgIpc) is 2.95. The van der Waals surface area contributed by atoms with Gasteiger partial charge in [0.15, 0.2) is 17.0 Å². The molecule has 5 N–H and O–H groups in total. The number of anilines is 1. The van der Waals surface area contributed by atoms with Gasteiger partial charge in [0.1, 0.15) is 23.3 Å². The Morgan fingerprint density at radius 1 is 1.48 bits per heavy atom. The Bertz CT molecular complexity index is 695. The van der Waals surface area contributed by atoms with Gasteiger partial charge in [-0.25, -0.2) is 4.98 Å². The molecule has 1 fully saturated rings. The summed E-state index contributed by atoms with van der Waals surface area (Å²) >= 11 is 5.93. The molecule has 1 saturated heterocycles. The molecule has 1 aliphatic rings. The molecule has 0 unspecified atom stereocenters. The highest BCUT2D eigenvalue weighted by Gasteiger charge is 2.52.